The Balaban J connectivity index is 3.24. The Morgan fingerprint density at radius 1 is 1.45 bits per heavy atom. The molecule has 0 aliphatic rings. The normalized spacial score (nSPS) is 9.64. The van der Waals surface area contributed by atoms with Crippen LogP contribution in [0.3, 0.4) is 0 Å². The maximum absolute atomic E-state index is 3.99. The van der Waals surface area contributed by atoms with Gasteiger partial charge in [0.05, 0.1) is 5.69 Å². The minimum Gasteiger partial charge on any atom is -0.264 e. The molecular formula is C10H13N. The Hall–Kier alpha value is -1.11. The fourth-order valence-corrected chi connectivity index (χ4v) is 1.23. The average Bonchev–Trinajstić information content (AvgIpc) is 2.04. The highest BCUT2D eigenvalue weighted by Crippen LogP contribution is 2.23. The maximum atomic E-state index is 3.99. The smallest absolute Gasteiger partial charge is 0.0683 e. The monoisotopic (exact) mass is 147 g/mol. The summed E-state index contributed by atoms with van der Waals surface area (Å²) in [6.07, 6.45) is 1.02. The number of aryl methyl sites for hydroxylation is 2. The van der Waals surface area contributed by atoms with E-state index in [4.69, 9.17) is 0 Å². The minimum atomic E-state index is 1.02. The van der Waals surface area contributed by atoms with Gasteiger partial charge < -0.3 is 0 Å². The van der Waals surface area contributed by atoms with Gasteiger partial charge in [-0.1, -0.05) is 25.1 Å². The molecule has 0 atom stereocenters. The second kappa shape index (κ2) is 3.33. The van der Waals surface area contributed by atoms with Gasteiger partial charge in [-0.05, 0) is 31.2 Å². The molecule has 1 heteroatoms. The molecule has 11 heavy (non-hydrogen) atoms. The lowest BCUT2D eigenvalue weighted by Crippen LogP contribution is -1.83. The van der Waals surface area contributed by atoms with Crippen LogP contribution in [-0.2, 0) is 6.42 Å². The van der Waals surface area contributed by atoms with Gasteiger partial charge in [0.25, 0.3) is 0 Å². The summed E-state index contributed by atoms with van der Waals surface area (Å²) in [6, 6.07) is 6.21. The number of benzene rings is 1. The summed E-state index contributed by atoms with van der Waals surface area (Å²) in [5, 5.41) is 0. The Kier molecular flexibility index (Phi) is 2.42. The topological polar surface area (TPSA) is 12.4 Å². The third kappa shape index (κ3) is 1.48. The molecule has 0 heterocycles. The van der Waals surface area contributed by atoms with Crippen molar-refractivity contribution in [2.24, 2.45) is 4.99 Å². The van der Waals surface area contributed by atoms with Crippen LogP contribution in [0.2, 0.25) is 0 Å². The van der Waals surface area contributed by atoms with Crippen molar-refractivity contribution in [2.45, 2.75) is 20.3 Å². The number of aliphatic imine (C=N–C) groups is 1. The molecule has 0 N–H and O–H groups in total. The van der Waals surface area contributed by atoms with Gasteiger partial charge in [0.1, 0.15) is 0 Å². The van der Waals surface area contributed by atoms with Crippen molar-refractivity contribution in [3.63, 3.8) is 0 Å². The number of para-hydroxylation sites is 1. The largest absolute Gasteiger partial charge is 0.264 e. The van der Waals surface area contributed by atoms with Crippen LogP contribution in [0.25, 0.3) is 0 Å². The minimum absolute atomic E-state index is 1.02. The molecule has 0 amide bonds. The predicted octanol–water partition coefficient (Wildman–Crippen LogP) is 2.89. The Labute approximate surface area is 67.8 Å². The highest BCUT2D eigenvalue weighted by molar-refractivity contribution is 5.56. The molecule has 0 spiro atoms. The molecule has 0 radical (unpaired) electrons. The first-order valence-corrected chi connectivity index (χ1v) is 3.84. The van der Waals surface area contributed by atoms with Crippen molar-refractivity contribution in [3.8, 4) is 0 Å². The van der Waals surface area contributed by atoms with Crippen LogP contribution in [0, 0.1) is 6.92 Å². The van der Waals surface area contributed by atoms with Gasteiger partial charge in [-0.2, -0.15) is 0 Å². The van der Waals surface area contributed by atoms with E-state index in [-0.39, 0.29) is 0 Å². The van der Waals surface area contributed by atoms with E-state index in [0.717, 1.165) is 12.1 Å². The van der Waals surface area contributed by atoms with E-state index < -0.39 is 0 Å². The van der Waals surface area contributed by atoms with Crippen LogP contribution < -0.4 is 0 Å². The predicted molar refractivity (Wildman–Crippen MR) is 49.8 cm³/mol. The maximum Gasteiger partial charge on any atom is 0.0683 e. The lowest BCUT2D eigenvalue weighted by Gasteiger charge is -2.04. The van der Waals surface area contributed by atoms with Gasteiger partial charge in [-0.15, -0.1) is 0 Å². The molecule has 1 aromatic carbocycles. The summed E-state index contributed by atoms with van der Waals surface area (Å²) >= 11 is 0. The van der Waals surface area contributed by atoms with E-state index in [1.165, 1.54) is 11.1 Å². The van der Waals surface area contributed by atoms with Crippen LogP contribution >= 0.6 is 0 Å². The third-order valence-electron chi connectivity index (χ3n) is 1.86. The summed E-state index contributed by atoms with van der Waals surface area (Å²) in [5.41, 5.74) is 3.54. The second-order valence-electron chi connectivity index (χ2n) is 2.59. The summed E-state index contributed by atoms with van der Waals surface area (Å²) in [5.74, 6) is 0. The Bertz CT molecular complexity index is 264. The zero-order valence-electron chi connectivity index (χ0n) is 7.09. The van der Waals surface area contributed by atoms with Gasteiger partial charge in [0, 0.05) is 0 Å². The van der Waals surface area contributed by atoms with Gasteiger partial charge in [0.15, 0.2) is 0 Å². The third-order valence-corrected chi connectivity index (χ3v) is 1.86. The number of rotatable bonds is 2. The van der Waals surface area contributed by atoms with E-state index in [9.17, 15) is 0 Å². The van der Waals surface area contributed by atoms with Crippen LogP contribution in [0.4, 0.5) is 5.69 Å². The van der Waals surface area contributed by atoms with Gasteiger partial charge in [-0.25, -0.2) is 0 Å². The Morgan fingerprint density at radius 2 is 2.18 bits per heavy atom. The van der Waals surface area contributed by atoms with Crippen LogP contribution in [0.15, 0.2) is 23.2 Å². The van der Waals surface area contributed by atoms with Crippen molar-refractivity contribution in [3.05, 3.63) is 29.3 Å². The summed E-state index contributed by atoms with van der Waals surface area (Å²) < 4.78 is 0. The highest BCUT2D eigenvalue weighted by atomic mass is 14.7. The van der Waals surface area contributed by atoms with Crippen molar-refractivity contribution in [1.29, 1.82) is 0 Å². The molecule has 0 aliphatic heterocycles. The average molecular weight is 147 g/mol. The SMILES string of the molecule is C=Nc1c(C)cccc1CC. The van der Waals surface area contributed by atoms with Crippen LogP contribution in [0.1, 0.15) is 18.1 Å². The molecule has 0 saturated heterocycles. The quantitative estimate of drug-likeness (QED) is 0.570. The van der Waals surface area contributed by atoms with E-state index in [2.05, 4.69) is 43.8 Å². The molecule has 0 aromatic heterocycles. The van der Waals surface area contributed by atoms with Gasteiger partial charge in [0.2, 0.25) is 0 Å². The standard InChI is InChI=1S/C10H13N/c1-4-9-7-5-6-8(2)10(9)11-3/h5-7H,3-4H2,1-2H3. The second-order valence-corrected chi connectivity index (χ2v) is 2.59. The molecular weight excluding hydrogens is 134 g/mol. The first kappa shape index (κ1) is 7.99. The molecule has 0 fully saturated rings. The molecule has 0 unspecified atom stereocenters. The van der Waals surface area contributed by atoms with Crippen LogP contribution in [-0.4, -0.2) is 6.72 Å². The number of hydrogen-bond acceptors (Lipinski definition) is 1. The summed E-state index contributed by atoms with van der Waals surface area (Å²) in [7, 11) is 0. The summed E-state index contributed by atoms with van der Waals surface area (Å²) in [4.78, 5) is 3.99. The molecule has 58 valence electrons. The fourth-order valence-electron chi connectivity index (χ4n) is 1.23. The van der Waals surface area contributed by atoms with Crippen molar-refractivity contribution in [2.75, 3.05) is 0 Å². The zero-order valence-corrected chi connectivity index (χ0v) is 7.09. The van der Waals surface area contributed by atoms with E-state index in [0.29, 0.717) is 0 Å². The van der Waals surface area contributed by atoms with E-state index >= 15 is 0 Å². The van der Waals surface area contributed by atoms with Crippen LogP contribution in [0.5, 0.6) is 0 Å². The fraction of sp³-hybridized carbons (Fsp3) is 0.300. The first-order valence-electron chi connectivity index (χ1n) is 3.84. The van der Waals surface area contributed by atoms with Crippen molar-refractivity contribution < 1.29 is 0 Å². The molecule has 1 nitrogen and oxygen atoms in total. The molecule has 1 aromatic rings. The Morgan fingerprint density at radius 3 is 2.64 bits per heavy atom. The molecule has 0 saturated carbocycles. The lowest BCUT2D eigenvalue weighted by molar-refractivity contribution is 1.13. The van der Waals surface area contributed by atoms with E-state index in [1.54, 1.807) is 0 Å². The molecule has 0 aliphatic carbocycles. The lowest BCUT2D eigenvalue weighted by atomic mass is 10.1. The highest BCUT2D eigenvalue weighted by Gasteiger charge is 1.99. The van der Waals surface area contributed by atoms with Crippen molar-refractivity contribution >= 4 is 12.4 Å². The first-order chi connectivity index (χ1) is 5.29. The van der Waals surface area contributed by atoms with E-state index in [1.807, 2.05) is 0 Å². The molecule has 0 bridgehead atoms. The van der Waals surface area contributed by atoms with Gasteiger partial charge >= 0.3 is 0 Å². The number of nitrogens with zero attached hydrogens (tertiary/aromatic N) is 1. The zero-order chi connectivity index (χ0) is 8.27. The van der Waals surface area contributed by atoms with Gasteiger partial charge in [-0.3, -0.25) is 4.99 Å². The summed E-state index contributed by atoms with van der Waals surface area (Å²) in [6.45, 7) is 7.74. The number of hydrogen-bond donors (Lipinski definition) is 0. The van der Waals surface area contributed by atoms with Crippen molar-refractivity contribution in [1.82, 2.24) is 0 Å². The molecule has 1 rings (SSSR count).